The van der Waals surface area contributed by atoms with E-state index in [1.54, 1.807) is 0 Å². The van der Waals surface area contributed by atoms with E-state index in [-0.39, 0.29) is 0 Å². The van der Waals surface area contributed by atoms with E-state index in [0.717, 1.165) is 22.6 Å². The van der Waals surface area contributed by atoms with E-state index in [1.165, 1.54) is 82.7 Å². The largest absolute Gasteiger partial charge is 0.310 e. The molecule has 0 spiro atoms. The van der Waals surface area contributed by atoms with E-state index in [2.05, 4.69) is 266 Å². The lowest BCUT2D eigenvalue weighted by molar-refractivity contribution is 1.28. The predicted octanol–water partition coefficient (Wildman–Crippen LogP) is 17.5. The summed E-state index contributed by atoms with van der Waals surface area (Å²) in [6.07, 6.45) is 0. The summed E-state index contributed by atoms with van der Waals surface area (Å²) < 4.78 is 0. The number of nitrogens with zero attached hydrogens (tertiary/aromatic N) is 1. The minimum atomic E-state index is 1.08. The first kappa shape index (κ1) is 37.7. The van der Waals surface area contributed by atoms with Crippen molar-refractivity contribution in [3.8, 4) is 66.8 Å². The van der Waals surface area contributed by atoms with Crippen LogP contribution in [-0.4, -0.2) is 0 Å². The Hall–Kier alpha value is -8.26. The Bertz CT molecular complexity index is 3280. The molecule has 0 aliphatic heterocycles. The highest BCUT2D eigenvalue weighted by Crippen LogP contribution is 2.48. The first-order valence-electron chi connectivity index (χ1n) is 21.7. The average Bonchev–Trinajstić information content (AvgIpc) is 3.37. The molecule has 296 valence electrons. The quantitative estimate of drug-likeness (QED) is 0.131. The molecule has 11 aromatic rings. The van der Waals surface area contributed by atoms with Gasteiger partial charge in [0.15, 0.2) is 0 Å². The van der Waals surface area contributed by atoms with Crippen LogP contribution in [0.25, 0.3) is 88.3 Å². The maximum atomic E-state index is 2.41. The van der Waals surface area contributed by atoms with Crippen LogP contribution in [0, 0.1) is 0 Å². The maximum absolute atomic E-state index is 2.41. The van der Waals surface area contributed by atoms with Gasteiger partial charge in [-0.05, 0) is 131 Å². The lowest BCUT2D eigenvalue weighted by Gasteiger charge is -2.28. The highest BCUT2D eigenvalue weighted by Gasteiger charge is 2.21. The number of benzene rings is 11. The van der Waals surface area contributed by atoms with Crippen molar-refractivity contribution in [2.75, 3.05) is 4.90 Å². The SMILES string of the molecule is c1ccc(-c2cccc(N(c3ccc(-c4cccc5c4c(-c4ccccc4)c(-c4ccccc4)c4ccccc45)cc3)c3cc(-c4ccccc4)cc(-c4ccccc4)c3)c2)cc1. The fourth-order valence-corrected chi connectivity index (χ4v) is 9.31. The summed E-state index contributed by atoms with van der Waals surface area (Å²) in [5.41, 5.74) is 17.6. The molecule has 0 bridgehead atoms. The average molecular weight is 802 g/mol. The van der Waals surface area contributed by atoms with Gasteiger partial charge >= 0.3 is 0 Å². The van der Waals surface area contributed by atoms with Crippen molar-refractivity contribution >= 4 is 38.6 Å². The third-order valence-electron chi connectivity index (χ3n) is 12.2. The second-order valence-corrected chi connectivity index (χ2v) is 16.1. The van der Waals surface area contributed by atoms with Gasteiger partial charge in [0, 0.05) is 17.1 Å². The van der Waals surface area contributed by atoms with Gasteiger partial charge in [-0.1, -0.05) is 218 Å². The van der Waals surface area contributed by atoms with E-state index in [9.17, 15) is 0 Å². The molecule has 11 aromatic carbocycles. The second kappa shape index (κ2) is 16.7. The van der Waals surface area contributed by atoms with Gasteiger partial charge in [-0.25, -0.2) is 0 Å². The van der Waals surface area contributed by atoms with Crippen LogP contribution in [0.1, 0.15) is 0 Å². The highest BCUT2D eigenvalue weighted by molar-refractivity contribution is 6.24. The predicted molar refractivity (Wildman–Crippen MR) is 269 cm³/mol. The Balaban J connectivity index is 1.13. The van der Waals surface area contributed by atoms with Gasteiger partial charge in [-0.3, -0.25) is 0 Å². The zero-order chi connectivity index (χ0) is 42.0. The third-order valence-corrected chi connectivity index (χ3v) is 12.2. The molecule has 0 unspecified atom stereocenters. The number of hydrogen-bond acceptors (Lipinski definition) is 1. The molecular weight excluding hydrogens is 759 g/mol. The Morgan fingerprint density at radius 3 is 1.21 bits per heavy atom. The third kappa shape index (κ3) is 7.26. The summed E-state index contributed by atoms with van der Waals surface area (Å²) in [6, 6.07) is 94.7. The molecule has 1 heteroatoms. The van der Waals surface area contributed by atoms with Crippen LogP contribution in [-0.2, 0) is 0 Å². The molecular formula is C62H43N. The van der Waals surface area contributed by atoms with Crippen molar-refractivity contribution in [1.82, 2.24) is 0 Å². The molecule has 0 fully saturated rings. The van der Waals surface area contributed by atoms with E-state index < -0.39 is 0 Å². The fraction of sp³-hybridized carbons (Fsp3) is 0. The molecule has 0 heterocycles. The minimum absolute atomic E-state index is 1.08. The van der Waals surface area contributed by atoms with Crippen molar-refractivity contribution in [1.29, 1.82) is 0 Å². The molecule has 0 aliphatic rings. The van der Waals surface area contributed by atoms with Gasteiger partial charge < -0.3 is 4.90 Å². The van der Waals surface area contributed by atoms with Crippen molar-refractivity contribution in [3.05, 3.63) is 261 Å². The smallest absolute Gasteiger partial charge is 0.0473 e. The van der Waals surface area contributed by atoms with Crippen molar-refractivity contribution in [3.63, 3.8) is 0 Å². The highest BCUT2D eigenvalue weighted by atomic mass is 15.1. The zero-order valence-electron chi connectivity index (χ0n) is 34.8. The van der Waals surface area contributed by atoms with Crippen LogP contribution in [0.3, 0.4) is 0 Å². The topological polar surface area (TPSA) is 3.24 Å². The summed E-state index contributed by atoms with van der Waals surface area (Å²) in [5, 5.41) is 5.01. The van der Waals surface area contributed by atoms with Gasteiger partial charge in [-0.15, -0.1) is 0 Å². The van der Waals surface area contributed by atoms with Gasteiger partial charge in [0.25, 0.3) is 0 Å². The molecule has 0 atom stereocenters. The number of fused-ring (bicyclic) bond motifs is 3. The summed E-state index contributed by atoms with van der Waals surface area (Å²) in [6.45, 7) is 0. The molecule has 0 amide bonds. The normalized spacial score (nSPS) is 11.2. The summed E-state index contributed by atoms with van der Waals surface area (Å²) in [5.74, 6) is 0. The van der Waals surface area contributed by atoms with Crippen molar-refractivity contribution in [2.45, 2.75) is 0 Å². The Morgan fingerprint density at radius 1 is 0.206 bits per heavy atom. The van der Waals surface area contributed by atoms with E-state index in [1.807, 2.05) is 0 Å². The van der Waals surface area contributed by atoms with E-state index in [4.69, 9.17) is 0 Å². The Kier molecular flexibility index (Phi) is 9.97. The lowest BCUT2D eigenvalue weighted by atomic mass is 9.82. The van der Waals surface area contributed by atoms with Crippen LogP contribution in [0.4, 0.5) is 17.1 Å². The van der Waals surface area contributed by atoms with Gasteiger partial charge in [0.05, 0.1) is 0 Å². The minimum Gasteiger partial charge on any atom is -0.310 e. The molecule has 0 radical (unpaired) electrons. The molecule has 1 nitrogen and oxygen atoms in total. The van der Waals surface area contributed by atoms with Crippen LogP contribution >= 0.6 is 0 Å². The van der Waals surface area contributed by atoms with Crippen LogP contribution < -0.4 is 4.90 Å². The molecule has 11 rings (SSSR count). The summed E-state index contributed by atoms with van der Waals surface area (Å²) >= 11 is 0. The van der Waals surface area contributed by atoms with E-state index >= 15 is 0 Å². The Morgan fingerprint density at radius 2 is 0.635 bits per heavy atom. The molecule has 0 aliphatic carbocycles. The van der Waals surface area contributed by atoms with E-state index in [0.29, 0.717) is 0 Å². The summed E-state index contributed by atoms with van der Waals surface area (Å²) in [4.78, 5) is 2.41. The number of rotatable bonds is 9. The standard InChI is InChI=1S/C62H43N/c1-6-20-44(21-7-1)50-30-18-31-54(41-50)63(55-42-51(45-22-8-2-9-23-45)40-52(43-55)46-24-10-3-11-25-46)53-38-36-47(37-39-53)56-34-19-35-59-57-32-16-17-33-58(57)60(48-26-12-4-13-27-48)61(62(56)59)49-28-14-5-15-29-49/h1-43H. The van der Waals surface area contributed by atoms with Gasteiger partial charge in [-0.2, -0.15) is 0 Å². The number of anilines is 3. The zero-order valence-corrected chi connectivity index (χ0v) is 34.8. The van der Waals surface area contributed by atoms with Gasteiger partial charge in [0.1, 0.15) is 0 Å². The summed E-state index contributed by atoms with van der Waals surface area (Å²) in [7, 11) is 0. The van der Waals surface area contributed by atoms with Crippen molar-refractivity contribution < 1.29 is 0 Å². The monoisotopic (exact) mass is 801 g/mol. The molecule has 63 heavy (non-hydrogen) atoms. The van der Waals surface area contributed by atoms with Gasteiger partial charge in [0.2, 0.25) is 0 Å². The van der Waals surface area contributed by atoms with Crippen LogP contribution in [0.2, 0.25) is 0 Å². The maximum Gasteiger partial charge on any atom is 0.0473 e. The fourth-order valence-electron chi connectivity index (χ4n) is 9.31. The van der Waals surface area contributed by atoms with Crippen molar-refractivity contribution in [2.24, 2.45) is 0 Å². The van der Waals surface area contributed by atoms with Crippen LogP contribution in [0.5, 0.6) is 0 Å². The first-order valence-corrected chi connectivity index (χ1v) is 21.7. The molecule has 0 saturated carbocycles. The lowest BCUT2D eigenvalue weighted by Crippen LogP contribution is -2.10. The Labute approximate surface area is 369 Å². The molecule has 0 aromatic heterocycles. The molecule has 0 N–H and O–H groups in total. The first-order chi connectivity index (χ1) is 31.3. The second-order valence-electron chi connectivity index (χ2n) is 16.1. The number of hydrogen-bond donors (Lipinski definition) is 0. The van der Waals surface area contributed by atoms with Crippen LogP contribution in [0.15, 0.2) is 261 Å². The molecule has 0 saturated heterocycles.